The van der Waals surface area contributed by atoms with Crippen LogP contribution in [0, 0.1) is 5.95 Å². The van der Waals surface area contributed by atoms with Crippen molar-refractivity contribution in [3.8, 4) is 0 Å². The van der Waals surface area contributed by atoms with E-state index in [2.05, 4.69) is 10.3 Å². The summed E-state index contributed by atoms with van der Waals surface area (Å²) in [6.07, 6.45) is 1.22. The molecule has 0 atom stereocenters. The standard InChI is InChI=1S/C10H14FN3O/c1-14(2)6-5-12-10(15)8-3-4-9(11)13-7-8/h3-4,7H,5-6H2,1-2H3,(H,12,15). The first-order chi connectivity index (χ1) is 7.09. The van der Waals surface area contributed by atoms with Gasteiger partial charge in [-0.15, -0.1) is 0 Å². The highest BCUT2D eigenvalue weighted by Crippen LogP contribution is 1.98. The maximum Gasteiger partial charge on any atom is 0.252 e. The van der Waals surface area contributed by atoms with Crippen LogP contribution in [0.25, 0.3) is 0 Å². The van der Waals surface area contributed by atoms with Crippen LogP contribution in [-0.4, -0.2) is 43.0 Å². The van der Waals surface area contributed by atoms with Crippen molar-refractivity contribution in [1.29, 1.82) is 0 Å². The summed E-state index contributed by atoms with van der Waals surface area (Å²) in [5.41, 5.74) is 0.371. The van der Waals surface area contributed by atoms with Gasteiger partial charge < -0.3 is 10.2 Å². The van der Waals surface area contributed by atoms with Crippen LogP contribution < -0.4 is 5.32 Å². The van der Waals surface area contributed by atoms with Gasteiger partial charge in [0.15, 0.2) is 0 Å². The number of rotatable bonds is 4. The Bertz CT molecular complexity index is 324. The second kappa shape index (κ2) is 5.41. The lowest BCUT2D eigenvalue weighted by Gasteiger charge is -2.10. The molecule has 0 aliphatic rings. The van der Waals surface area contributed by atoms with Gasteiger partial charge in [0.2, 0.25) is 5.95 Å². The van der Waals surface area contributed by atoms with E-state index in [1.165, 1.54) is 18.3 Å². The summed E-state index contributed by atoms with van der Waals surface area (Å²) in [7, 11) is 3.84. The van der Waals surface area contributed by atoms with Gasteiger partial charge in [-0.3, -0.25) is 4.79 Å². The number of hydrogen-bond acceptors (Lipinski definition) is 3. The number of likely N-dealkylation sites (N-methyl/N-ethyl adjacent to an activating group) is 1. The number of carbonyl (C=O) groups is 1. The van der Waals surface area contributed by atoms with Crippen LogP contribution in [0.15, 0.2) is 18.3 Å². The molecule has 1 amide bonds. The molecule has 82 valence electrons. The van der Waals surface area contributed by atoms with E-state index in [9.17, 15) is 9.18 Å². The number of amides is 1. The molecule has 1 rings (SSSR count). The smallest absolute Gasteiger partial charge is 0.252 e. The predicted molar refractivity (Wildman–Crippen MR) is 55.1 cm³/mol. The molecule has 0 saturated carbocycles. The topological polar surface area (TPSA) is 45.2 Å². The highest BCUT2D eigenvalue weighted by molar-refractivity contribution is 5.93. The van der Waals surface area contributed by atoms with Gasteiger partial charge in [0, 0.05) is 19.3 Å². The number of hydrogen-bond donors (Lipinski definition) is 1. The van der Waals surface area contributed by atoms with Crippen molar-refractivity contribution >= 4 is 5.91 Å². The highest BCUT2D eigenvalue weighted by atomic mass is 19.1. The zero-order valence-electron chi connectivity index (χ0n) is 8.83. The Morgan fingerprint density at radius 2 is 2.27 bits per heavy atom. The maximum absolute atomic E-state index is 12.5. The van der Waals surface area contributed by atoms with Crippen LogP contribution in [0.5, 0.6) is 0 Å². The van der Waals surface area contributed by atoms with E-state index < -0.39 is 5.95 Å². The molecule has 5 heteroatoms. The predicted octanol–water partition coefficient (Wildman–Crippen LogP) is 0.512. The van der Waals surface area contributed by atoms with Gasteiger partial charge in [-0.1, -0.05) is 0 Å². The molecular formula is C10H14FN3O. The lowest BCUT2D eigenvalue weighted by Crippen LogP contribution is -2.31. The molecule has 0 saturated heterocycles. The van der Waals surface area contributed by atoms with Gasteiger partial charge in [-0.05, 0) is 26.2 Å². The Labute approximate surface area is 88.1 Å². The fourth-order valence-electron chi connectivity index (χ4n) is 1.01. The molecule has 0 spiro atoms. The van der Waals surface area contributed by atoms with Crippen LogP contribution in [0.3, 0.4) is 0 Å². The molecule has 0 bridgehead atoms. The molecule has 0 aromatic carbocycles. The minimum absolute atomic E-state index is 0.232. The normalized spacial score (nSPS) is 10.4. The molecule has 4 nitrogen and oxygen atoms in total. The van der Waals surface area contributed by atoms with Crippen molar-refractivity contribution in [3.05, 3.63) is 29.8 Å². The Hall–Kier alpha value is -1.49. The number of nitrogens with one attached hydrogen (secondary N) is 1. The maximum atomic E-state index is 12.5. The Morgan fingerprint density at radius 1 is 1.53 bits per heavy atom. The molecule has 15 heavy (non-hydrogen) atoms. The molecule has 0 aliphatic carbocycles. The molecule has 1 aromatic rings. The van der Waals surface area contributed by atoms with E-state index in [0.717, 1.165) is 6.54 Å². The summed E-state index contributed by atoms with van der Waals surface area (Å²) in [5.74, 6) is -0.816. The van der Waals surface area contributed by atoms with E-state index in [1.54, 1.807) is 0 Å². The van der Waals surface area contributed by atoms with Gasteiger partial charge in [0.1, 0.15) is 0 Å². The van der Waals surface area contributed by atoms with Crippen molar-refractivity contribution < 1.29 is 9.18 Å². The van der Waals surface area contributed by atoms with Gasteiger partial charge in [-0.2, -0.15) is 4.39 Å². The minimum Gasteiger partial charge on any atom is -0.351 e. The van der Waals surface area contributed by atoms with E-state index in [0.29, 0.717) is 12.1 Å². The quantitative estimate of drug-likeness (QED) is 0.738. The van der Waals surface area contributed by atoms with Crippen LogP contribution in [0.4, 0.5) is 4.39 Å². The molecule has 1 heterocycles. The first-order valence-corrected chi connectivity index (χ1v) is 4.64. The van der Waals surface area contributed by atoms with Crippen molar-refractivity contribution in [2.24, 2.45) is 0 Å². The number of carbonyl (C=O) groups excluding carboxylic acids is 1. The molecule has 0 fully saturated rings. The third-order valence-corrected chi connectivity index (χ3v) is 1.83. The third-order valence-electron chi connectivity index (χ3n) is 1.83. The summed E-state index contributed by atoms with van der Waals surface area (Å²) in [5, 5.41) is 2.71. The van der Waals surface area contributed by atoms with Gasteiger partial charge in [0.05, 0.1) is 5.56 Å². The van der Waals surface area contributed by atoms with Gasteiger partial charge >= 0.3 is 0 Å². The largest absolute Gasteiger partial charge is 0.351 e. The monoisotopic (exact) mass is 211 g/mol. The Balaban J connectivity index is 2.43. The number of pyridine rings is 1. The van der Waals surface area contributed by atoms with Crippen molar-refractivity contribution in [1.82, 2.24) is 15.2 Å². The summed E-state index contributed by atoms with van der Waals surface area (Å²) in [6, 6.07) is 2.58. The van der Waals surface area contributed by atoms with Crippen molar-refractivity contribution in [2.45, 2.75) is 0 Å². The fraction of sp³-hybridized carbons (Fsp3) is 0.400. The summed E-state index contributed by atoms with van der Waals surface area (Å²) < 4.78 is 12.5. The van der Waals surface area contributed by atoms with E-state index in [4.69, 9.17) is 0 Å². The first kappa shape index (κ1) is 11.6. The molecule has 1 N–H and O–H groups in total. The summed E-state index contributed by atoms with van der Waals surface area (Å²) in [4.78, 5) is 16.8. The second-order valence-electron chi connectivity index (χ2n) is 3.43. The van der Waals surface area contributed by atoms with Gasteiger partial charge in [-0.25, -0.2) is 4.98 Å². The first-order valence-electron chi connectivity index (χ1n) is 4.64. The van der Waals surface area contributed by atoms with Crippen LogP contribution in [-0.2, 0) is 0 Å². The van der Waals surface area contributed by atoms with E-state index in [1.807, 2.05) is 19.0 Å². The molecular weight excluding hydrogens is 197 g/mol. The number of halogens is 1. The Kier molecular flexibility index (Phi) is 4.17. The highest BCUT2D eigenvalue weighted by Gasteiger charge is 2.05. The molecule has 0 radical (unpaired) electrons. The average molecular weight is 211 g/mol. The lowest BCUT2D eigenvalue weighted by molar-refractivity contribution is 0.0950. The molecule has 0 unspecified atom stereocenters. The number of nitrogens with zero attached hydrogens (tertiary/aromatic N) is 2. The molecule has 0 aliphatic heterocycles. The minimum atomic E-state index is -0.583. The summed E-state index contributed by atoms with van der Waals surface area (Å²) in [6.45, 7) is 1.32. The van der Waals surface area contributed by atoms with Crippen LogP contribution in [0.1, 0.15) is 10.4 Å². The number of aromatic nitrogens is 1. The fourth-order valence-corrected chi connectivity index (χ4v) is 1.01. The van der Waals surface area contributed by atoms with Crippen molar-refractivity contribution in [3.63, 3.8) is 0 Å². The van der Waals surface area contributed by atoms with Crippen LogP contribution >= 0.6 is 0 Å². The van der Waals surface area contributed by atoms with Gasteiger partial charge in [0.25, 0.3) is 5.91 Å². The SMILES string of the molecule is CN(C)CCNC(=O)c1ccc(F)nc1. The van der Waals surface area contributed by atoms with E-state index >= 15 is 0 Å². The van der Waals surface area contributed by atoms with E-state index in [-0.39, 0.29) is 5.91 Å². The second-order valence-corrected chi connectivity index (χ2v) is 3.43. The zero-order chi connectivity index (χ0) is 11.3. The lowest BCUT2D eigenvalue weighted by atomic mass is 10.2. The third kappa shape index (κ3) is 4.03. The Morgan fingerprint density at radius 3 is 2.80 bits per heavy atom. The summed E-state index contributed by atoms with van der Waals surface area (Å²) >= 11 is 0. The zero-order valence-corrected chi connectivity index (χ0v) is 8.83. The average Bonchev–Trinajstić information content (AvgIpc) is 2.18. The van der Waals surface area contributed by atoms with Crippen LogP contribution in [0.2, 0.25) is 0 Å². The molecule has 1 aromatic heterocycles. The van der Waals surface area contributed by atoms with Crippen molar-refractivity contribution in [2.75, 3.05) is 27.2 Å².